The van der Waals surface area contributed by atoms with E-state index in [9.17, 15) is 0 Å². The molecule has 0 amide bonds. The molecule has 4 aromatic carbocycles. The maximum atomic E-state index is 2.27. The maximum absolute atomic E-state index is 2.27. The van der Waals surface area contributed by atoms with Crippen LogP contribution in [0.15, 0.2) is 0 Å². The van der Waals surface area contributed by atoms with Crippen LogP contribution in [0.2, 0.25) is 0 Å². The van der Waals surface area contributed by atoms with Crippen LogP contribution in [0, 0.1) is 111 Å². The van der Waals surface area contributed by atoms with Gasteiger partial charge in [-0.25, -0.2) is 0 Å². The van der Waals surface area contributed by atoms with Crippen molar-refractivity contribution >= 4 is 21.5 Å². The third-order valence-corrected chi connectivity index (χ3v) is 10.2. The first-order valence-electron chi connectivity index (χ1n) is 13.5. The molecule has 0 nitrogen and oxygen atoms in total. The molecule has 0 fully saturated rings. The Bertz CT molecular complexity index is 1210. The van der Waals surface area contributed by atoms with Crippen molar-refractivity contribution in [3.63, 3.8) is 0 Å². The standard InChI is InChI=1S/2C18H24/c2*1-9-10(2)14(6)18-16(8)12(4)11(3)15(7)17(18)13(9)5/h2*1-8H3. The highest BCUT2D eigenvalue weighted by Crippen LogP contribution is 2.38. The van der Waals surface area contributed by atoms with Crippen molar-refractivity contribution in [2.45, 2.75) is 111 Å². The van der Waals surface area contributed by atoms with E-state index in [1.807, 2.05) is 0 Å². The van der Waals surface area contributed by atoms with E-state index in [1.165, 1.54) is 111 Å². The largest absolute Gasteiger partial charge is 0.0444 e. The predicted molar refractivity (Wildman–Crippen MR) is 164 cm³/mol. The van der Waals surface area contributed by atoms with Gasteiger partial charge in [0.25, 0.3) is 0 Å². The Morgan fingerprint density at radius 1 is 0.139 bits per heavy atom. The van der Waals surface area contributed by atoms with Gasteiger partial charge < -0.3 is 0 Å². The molecule has 4 aromatic rings. The minimum absolute atomic E-state index is 1.45. The van der Waals surface area contributed by atoms with E-state index in [0.717, 1.165) is 0 Å². The highest BCUT2D eigenvalue weighted by atomic mass is 14.2. The van der Waals surface area contributed by atoms with Crippen molar-refractivity contribution < 1.29 is 0 Å². The molecule has 0 spiro atoms. The summed E-state index contributed by atoms with van der Waals surface area (Å²) in [4.78, 5) is 0. The van der Waals surface area contributed by atoms with Crippen LogP contribution in [0.25, 0.3) is 21.5 Å². The molecular formula is C36H48. The lowest BCUT2D eigenvalue weighted by molar-refractivity contribution is 1.20. The molecule has 4 rings (SSSR count). The maximum Gasteiger partial charge on any atom is -0.0114 e. The van der Waals surface area contributed by atoms with Gasteiger partial charge in [-0.2, -0.15) is 0 Å². The first-order chi connectivity index (χ1) is 16.6. The van der Waals surface area contributed by atoms with E-state index < -0.39 is 0 Å². The van der Waals surface area contributed by atoms with E-state index in [1.54, 1.807) is 0 Å². The smallest absolute Gasteiger partial charge is 0.0114 e. The number of rotatable bonds is 0. The van der Waals surface area contributed by atoms with Crippen molar-refractivity contribution in [3.8, 4) is 0 Å². The first kappa shape index (κ1) is 28.0. The fourth-order valence-electron chi connectivity index (χ4n) is 6.38. The van der Waals surface area contributed by atoms with Crippen molar-refractivity contribution in [1.29, 1.82) is 0 Å². The molecule has 0 aliphatic rings. The summed E-state index contributed by atoms with van der Waals surface area (Å²) < 4.78 is 0. The summed E-state index contributed by atoms with van der Waals surface area (Å²) in [5.41, 5.74) is 23.2. The zero-order valence-corrected chi connectivity index (χ0v) is 26.0. The zero-order chi connectivity index (χ0) is 27.5. The third kappa shape index (κ3) is 3.98. The van der Waals surface area contributed by atoms with Crippen LogP contribution in [0.4, 0.5) is 0 Å². The summed E-state index contributed by atoms with van der Waals surface area (Å²) in [6.07, 6.45) is 0. The van der Waals surface area contributed by atoms with Gasteiger partial charge in [-0.1, -0.05) is 0 Å². The second-order valence-corrected chi connectivity index (χ2v) is 11.5. The van der Waals surface area contributed by atoms with Crippen LogP contribution in [0.3, 0.4) is 0 Å². The van der Waals surface area contributed by atoms with Gasteiger partial charge in [0.1, 0.15) is 0 Å². The molecule has 0 bridgehead atoms. The molecule has 192 valence electrons. The predicted octanol–water partition coefficient (Wildman–Crippen LogP) is 10.6. The van der Waals surface area contributed by atoms with Crippen molar-refractivity contribution in [3.05, 3.63) is 89.0 Å². The molecule has 0 heteroatoms. The molecular weight excluding hydrogens is 432 g/mol. The molecule has 0 N–H and O–H groups in total. The van der Waals surface area contributed by atoms with Gasteiger partial charge in [-0.05, 0) is 221 Å². The lowest BCUT2D eigenvalue weighted by Gasteiger charge is -2.21. The average molecular weight is 481 g/mol. The molecule has 36 heavy (non-hydrogen) atoms. The Morgan fingerprint density at radius 3 is 0.306 bits per heavy atom. The second-order valence-electron chi connectivity index (χ2n) is 11.5. The lowest BCUT2D eigenvalue weighted by Crippen LogP contribution is -2.01. The van der Waals surface area contributed by atoms with Crippen LogP contribution in [-0.4, -0.2) is 0 Å². The molecule has 0 aliphatic heterocycles. The van der Waals surface area contributed by atoms with E-state index in [4.69, 9.17) is 0 Å². The van der Waals surface area contributed by atoms with Gasteiger partial charge in [-0.15, -0.1) is 0 Å². The summed E-state index contributed by atoms with van der Waals surface area (Å²) in [6.45, 7) is 36.2. The van der Waals surface area contributed by atoms with E-state index >= 15 is 0 Å². The SMILES string of the molecule is Cc1c(C)c(C)c2c(C)c(C)c(C)c(C)c2c1C.Cc1c(C)c(C)c2c(C)c(C)c(C)c(C)c2c1C. The van der Waals surface area contributed by atoms with Gasteiger partial charge in [0, 0.05) is 0 Å². The molecule has 0 radical (unpaired) electrons. The van der Waals surface area contributed by atoms with Crippen LogP contribution >= 0.6 is 0 Å². The lowest BCUT2D eigenvalue weighted by atomic mass is 9.83. The van der Waals surface area contributed by atoms with Crippen molar-refractivity contribution in [2.75, 3.05) is 0 Å². The summed E-state index contributed by atoms with van der Waals surface area (Å²) >= 11 is 0. The zero-order valence-electron chi connectivity index (χ0n) is 26.0. The van der Waals surface area contributed by atoms with Crippen LogP contribution < -0.4 is 0 Å². The molecule has 0 unspecified atom stereocenters. The Hall–Kier alpha value is -2.60. The molecule has 0 saturated carbocycles. The molecule has 0 aromatic heterocycles. The third-order valence-electron chi connectivity index (χ3n) is 10.2. The Kier molecular flexibility index (Phi) is 7.54. The highest BCUT2D eigenvalue weighted by Gasteiger charge is 2.17. The van der Waals surface area contributed by atoms with Crippen LogP contribution in [0.5, 0.6) is 0 Å². The second kappa shape index (κ2) is 9.70. The summed E-state index contributed by atoms with van der Waals surface area (Å²) in [7, 11) is 0. The van der Waals surface area contributed by atoms with E-state index in [-0.39, 0.29) is 0 Å². The number of hydrogen-bond donors (Lipinski definition) is 0. The Balaban J connectivity index is 0.000000201. The Labute approximate surface area is 221 Å². The fourth-order valence-corrected chi connectivity index (χ4v) is 6.38. The minimum Gasteiger partial charge on any atom is -0.0444 e. The van der Waals surface area contributed by atoms with Gasteiger partial charge >= 0.3 is 0 Å². The van der Waals surface area contributed by atoms with Crippen molar-refractivity contribution in [2.24, 2.45) is 0 Å². The van der Waals surface area contributed by atoms with E-state index in [0.29, 0.717) is 0 Å². The topological polar surface area (TPSA) is 0 Å². The van der Waals surface area contributed by atoms with Gasteiger partial charge in [0.05, 0.1) is 0 Å². The van der Waals surface area contributed by atoms with Gasteiger partial charge in [0.15, 0.2) is 0 Å². The molecule has 0 atom stereocenters. The van der Waals surface area contributed by atoms with Crippen molar-refractivity contribution in [1.82, 2.24) is 0 Å². The number of hydrogen-bond acceptors (Lipinski definition) is 0. The van der Waals surface area contributed by atoms with Crippen LogP contribution in [-0.2, 0) is 0 Å². The summed E-state index contributed by atoms with van der Waals surface area (Å²) in [6, 6.07) is 0. The average Bonchev–Trinajstić information content (AvgIpc) is 2.85. The number of aryl methyl sites for hydroxylation is 8. The summed E-state index contributed by atoms with van der Waals surface area (Å²) in [5, 5.41) is 5.93. The monoisotopic (exact) mass is 480 g/mol. The summed E-state index contributed by atoms with van der Waals surface area (Å²) in [5.74, 6) is 0. The Morgan fingerprint density at radius 2 is 0.222 bits per heavy atom. The van der Waals surface area contributed by atoms with E-state index in [2.05, 4.69) is 111 Å². The molecule has 0 saturated heterocycles. The van der Waals surface area contributed by atoms with Crippen LogP contribution in [0.1, 0.15) is 89.0 Å². The fraction of sp³-hybridized carbons (Fsp3) is 0.444. The highest BCUT2D eigenvalue weighted by molar-refractivity contribution is 5.98. The first-order valence-corrected chi connectivity index (χ1v) is 13.5. The van der Waals surface area contributed by atoms with Gasteiger partial charge in [0.2, 0.25) is 0 Å². The molecule has 0 aliphatic carbocycles. The van der Waals surface area contributed by atoms with Gasteiger partial charge in [-0.3, -0.25) is 0 Å². The minimum atomic E-state index is 1.45. The normalized spacial score (nSPS) is 11.3. The quantitative estimate of drug-likeness (QED) is 0.235. The number of fused-ring (bicyclic) bond motifs is 2. The number of benzene rings is 4. The molecule has 0 heterocycles.